The second-order valence-corrected chi connectivity index (χ2v) is 13.6. The number of nitriles is 2. The summed E-state index contributed by atoms with van der Waals surface area (Å²) < 4.78 is 31.1. The van der Waals surface area contributed by atoms with Gasteiger partial charge in [-0.1, -0.05) is 48.6 Å². The molecule has 12 nitrogen and oxygen atoms in total. The number of allylic oxidation sites excluding steroid dienone is 3. The van der Waals surface area contributed by atoms with Gasteiger partial charge in [0.15, 0.2) is 0 Å². The first kappa shape index (κ1) is 41.3. The number of nitrogens with one attached hydrogen (secondary N) is 2. The molecule has 4 N–H and O–H groups in total. The molecular formula is C44H49N5O7. The van der Waals surface area contributed by atoms with Crippen LogP contribution in [-0.2, 0) is 19.7 Å². The van der Waals surface area contributed by atoms with E-state index in [0.29, 0.717) is 60.5 Å². The number of aliphatic hydroxyl groups is 2. The molecule has 1 heterocycles. The van der Waals surface area contributed by atoms with Crippen LogP contribution < -0.4 is 34.3 Å². The third kappa shape index (κ3) is 9.48. The third-order valence-corrected chi connectivity index (χ3v) is 9.95. The van der Waals surface area contributed by atoms with Crippen LogP contribution in [0.15, 0.2) is 91.3 Å². The molecule has 1 aromatic heterocycles. The second kappa shape index (κ2) is 19.6. The summed E-state index contributed by atoms with van der Waals surface area (Å²) in [6, 6.07) is 23.7. The van der Waals surface area contributed by atoms with Gasteiger partial charge in [-0.05, 0) is 42.7 Å². The van der Waals surface area contributed by atoms with E-state index in [1.165, 1.54) is 6.20 Å². The van der Waals surface area contributed by atoms with E-state index < -0.39 is 10.8 Å². The van der Waals surface area contributed by atoms with Crippen LogP contribution in [0.2, 0.25) is 0 Å². The van der Waals surface area contributed by atoms with Gasteiger partial charge in [0, 0.05) is 67.9 Å². The molecule has 0 saturated carbocycles. The van der Waals surface area contributed by atoms with Crippen molar-refractivity contribution in [1.29, 1.82) is 10.5 Å². The van der Waals surface area contributed by atoms with Crippen LogP contribution in [0.1, 0.15) is 40.3 Å². The summed E-state index contributed by atoms with van der Waals surface area (Å²) in [7, 11) is 3.15. The molecule has 4 aromatic rings. The molecule has 0 spiro atoms. The van der Waals surface area contributed by atoms with Crippen LogP contribution in [-0.4, -0.2) is 68.9 Å². The van der Waals surface area contributed by atoms with Crippen LogP contribution in [0.5, 0.6) is 28.7 Å². The lowest BCUT2D eigenvalue weighted by Gasteiger charge is -2.45. The zero-order valence-corrected chi connectivity index (χ0v) is 32.3. The summed E-state index contributed by atoms with van der Waals surface area (Å²) in [5, 5.41) is 45.5. The standard InChI is InChI=1S/C44H49N5O7/c1-31-17-35(25-47-13-15-50)40(54-27-33-18-32(22-45)23-49-24-33)21-39(31)56-30-44(12-8-11-38(43(44,2)28-46)34-9-6-5-7-10-34)29-55-36-19-41(52-3)37(26-48-14-16-51)42(20-36)53-4/h5-12,17-21,23-24,47-48,50-51H,13-16,25-27,29-30H2,1-4H3. The van der Waals surface area contributed by atoms with E-state index in [-0.39, 0.29) is 33.0 Å². The molecule has 56 heavy (non-hydrogen) atoms. The summed E-state index contributed by atoms with van der Waals surface area (Å²) in [6.45, 7) is 5.80. The van der Waals surface area contributed by atoms with Crippen molar-refractivity contribution in [2.45, 2.75) is 33.5 Å². The van der Waals surface area contributed by atoms with E-state index in [0.717, 1.165) is 33.4 Å². The number of hydrogen-bond acceptors (Lipinski definition) is 12. The van der Waals surface area contributed by atoms with Crippen LogP contribution in [0.25, 0.3) is 5.57 Å². The van der Waals surface area contributed by atoms with Crippen LogP contribution in [0.4, 0.5) is 0 Å². The van der Waals surface area contributed by atoms with Crippen molar-refractivity contribution in [3.63, 3.8) is 0 Å². The minimum Gasteiger partial charge on any atom is -0.496 e. The Labute approximate surface area is 328 Å². The van der Waals surface area contributed by atoms with E-state index in [4.69, 9.17) is 23.7 Å². The lowest BCUT2D eigenvalue weighted by atomic mass is 9.58. The van der Waals surface area contributed by atoms with Gasteiger partial charge in [-0.25, -0.2) is 0 Å². The number of aryl methyl sites for hydroxylation is 1. The Bertz CT molecular complexity index is 2070. The highest BCUT2D eigenvalue weighted by Crippen LogP contribution is 2.53. The molecule has 292 valence electrons. The van der Waals surface area contributed by atoms with Crippen molar-refractivity contribution < 1.29 is 33.9 Å². The highest BCUT2D eigenvalue weighted by molar-refractivity contribution is 5.77. The molecular weight excluding hydrogens is 711 g/mol. The van der Waals surface area contributed by atoms with Crippen LogP contribution >= 0.6 is 0 Å². The number of ether oxygens (including phenoxy) is 5. The lowest BCUT2D eigenvalue weighted by Crippen LogP contribution is -2.48. The highest BCUT2D eigenvalue weighted by Gasteiger charge is 2.52. The molecule has 0 bridgehead atoms. The first-order valence-electron chi connectivity index (χ1n) is 18.3. The molecule has 0 amide bonds. The van der Waals surface area contributed by atoms with Gasteiger partial charge >= 0.3 is 0 Å². The van der Waals surface area contributed by atoms with Crippen LogP contribution in [0.3, 0.4) is 0 Å². The maximum Gasteiger partial charge on any atom is 0.130 e. The zero-order chi connectivity index (χ0) is 40.0. The second-order valence-electron chi connectivity index (χ2n) is 13.6. The van der Waals surface area contributed by atoms with Gasteiger partial charge in [0.25, 0.3) is 0 Å². The molecule has 12 heteroatoms. The first-order chi connectivity index (χ1) is 27.2. The molecule has 2 atom stereocenters. The number of aliphatic hydroxyl groups excluding tert-OH is 2. The van der Waals surface area contributed by atoms with Gasteiger partial charge in [-0.15, -0.1) is 0 Å². The molecule has 0 radical (unpaired) electrons. The van der Waals surface area contributed by atoms with Crippen molar-refractivity contribution in [1.82, 2.24) is 15.6 Å². The molecule has 5 rings (SSSR count). The van der Waals surface area contributed by atoms with Gasteiger partial charge in [-0.3, -0.25) is 4.98 Å². The summed E-state index contributed by atoms with van der Waals surface area (Å²) in [6.07, 6.45) is 9.06. The Morgan fingerprint density at radius 2 is 1.50 bits per heavy atom. The average molecular weight is 760 g/mol. The lowest BCUT2D eigenvalue weighted by molar-refractivity contribution is 0.0627. The fourth-order valence-corrected chi connectivity index (χ4v) is 6.71. The number of aromatic nitrogens is 1. The number of nitrogens with zero attached hydrogens (tertiary/aromatic N) is 3. The van der Waals surface area contributed by atoms with Crippen molar-refractivity contribution in [2.75, 3.05) is 53.7 Å². The van der Waals surface area contributed by atoms with Gasteiger partial charge in [-0.2, -0.15) is 10.5 Å². The van der Waals surface area contributed by atoms with Gasteiger partial charge in [0.05, 0.1) is 55.5 Å². The third-order valence-electron chi connectivity index (χ3n) is 9.95. The number of rotatable bonds is 20. The van der Waals surface area contributed by atoms with Crippen molar-refractivity contribution in [2.24, 2.45) is 10.8 Å². The quantitative estimate of drug-likeness (QED) is 0.0818. The topological polar surface area (TPSA) is 171 Å². The maximum absolute atomic E-state index is 11.1. The maximum atomic E-state index is 11.1. The number of hydrogen-bond donors (Lipinski definition) is 4. The molecule has 0 aliphatic heterocycles. The molecule has 1 aliphatic rings. The average Bonchev–Trinajstić information content (AvgIpc) is 3.23. The monoisotopic (exact) mass is 759 g/mol. The van der Waals surface area contributed by atoms with E-state index >= 15 is 0 Å². The smallest absolute Gasteiger partial charge is 0.130 e. The predicted molar refractivity (Wildman–Crippen MR) is 212 cm³/mol. The van der Waals surface area contributed by atoms with E-state index in [9.17, 15) is 20.7 Å². The largest absolute Gasteiger partial charge is 0.496 e. The molecule has 0 fully saturated rings. The summed E-state index contributed by atoms with van der Waals surface area (Å²) in [4.78, 5) is 4.16. The Kier molecular flexibility index (Phi) is 14.5. The SMILES string of the molecule is COc1cc(OCC2(COc3cc(OCc4cncc(C#N)c4)c(CNCCO)cc3C)C=CC=C(c3ccccc3)C2(C)C#N)cc(OC)c1CNCCO. The minimum absolute atomic E-state index is 0.00405. The van der Waals surface area contributed by atoms with E-state index in [1.54, 1.807) is 38.6 Å². The number of methoxy groups -OCH3 is 2. The van der Waals surface area contributed by atoms with Gasteiger partial charge in [0.2, 0.25) is 0 Å². The Hall–Kier alpha value is -5.89. The summed E-state index contributed by atoms with van der Waals surface area (Å²) in [5.74, 6) is 2.70. The summed E-state index contributed by atoms with van der Waals surface area (Å²) in [5.41, 5.74) is 3.26. The van der Waals surface area contributed by atoms with E-state index in [1.807, 2.05) is 74.5 Å². The number of pyridine rings is 1. The zero-order valence-electron chi connectivity index (χ0n) is 32.3. The summed E-state index contributed by atoms with van der Waals surface area (Å²) >= 11 is 0. The Morgan fingerprint density at radius 3 is 2.16 bits per heavy atom. The van der Waals surface area contributed by atoms with Crippen molar-refractivity contribution in [3.05, 3.63) is 125 Å². The Balaban J connectivity index is 1.51. The van der Waals surface area contributed by atoms with Crippen molar-refractivity contribution in [3.8, 4) is 40.9 Å². The fraction of sp³-hybridized carbons (Fsp3) is 0.341. The predicted octanol–water partition coefficient (Wildman–Crippen LogP) is 5.65. The van der Waals surface area contributed by atoms with Gasteiger partial charge in [0.1, 0.15) is 54.6 Å². The highest BCUT2D eigenvalue weighted by atomic mass is 16.5. The molecule has 1 aliphatic carbocycles. The molecule has 3 aromatic carbocycles. The van der Waals surface area contributed by atoms with Gasteiger partial charge < -0.3 is 44.5 Å². The normalized spacial score (nSPS) is 17.3. The molecule has 0 saturated heterocycles. The Morgan fingerprint density at radius 1 is 0.804 bits per heavy atom. The van der Waals surface area contributed by atoms with Crippen LogP contribution in [0, 0.1) is 40.4 Å². The van der Waals surface area contributed by atoms with E-state index in [2.05, 4.69) is 27.8 Å². The molecule has 2 unspecified atom stereocenters. The number of benzene rings is 3. The van der Waals surface area contributed by atoms with Crippen molar-refractivity contribution >= 4 is 5.57 Å². The minimum atomic E-state index is -1.12. The first-order valence-corrected chi connectivity index (χ1v) is 18.3. The fourth-order valence-electron chi connectivity index (χ4n) is 6.71.